The Morgan fingerprint density at radius 2 is 2.19 bits per heavy atom. The Hall–Kier alpha value is -1.71. The van der Waals surface area contributed by atoms with Crippen molar-refractivity contribution >= 4 is 0 Å². The minimum atomic E-state index is -0.197. The van der Waals surface area contributed by atoms with Crippen molar-refractivity contribution in [2.75, 3.05) is 0 Å². The predicted octanol–water partition coefficient (Wildman–Crippen LogP) is 2.73. The Morgan fingerprint density at radius 3 is 2.94 bits per heavy atom. The summed E-state index contributed by atoms with van der Waals surface area (Å²) in [5, 5.41) is 7.90. The summed E-state index contributed by atoms with van der Waals surface area (Å²) in [7, 11) is 0. The third-order valence-electron chi connectivity index (χ3n) is 2.95. The van der Waals surface area contributed by atoms with E-state index in [1.54, 1.807) is 25.4 Å². The largest absolute Gasteiger partial charge is 0.310 e. The third kappa shape index (κ3) is 1.41. The van der Waals surface area contributed by atoms with Gasteiger partial charge in [-0.1, -0.05) is 12.1 Å². The van der Waals surface area contributed by atoms with Crippen molar-refractivity contribution < 1.29 is 4.39 Å². The lowest BCUT2D eigenvalue weighted by Crippen LogP contribution is -1.98. The van der Waals surface area contributed by atoms with Crippen molar-refractivity contribution in [3.05, 3.63) is 35.9 Å². The van der Waals surface area contributed by atoms with Gasteiger partial charge in [-0.15, -0.1) is 10.2 Å². The van der Waals surface area contributed by atoms with Gasteiger partial charge in [-0.25, -0.2) is 4.39 Å². The molecule has 3 nitrogen and oxygen atoms in total. The average molecular weight is 217 g/mol. The van der Waals surface area contributed by atoms with Crippen molar-refractivity contribution in [3.8, 4) is 11.4 Å². The molecule has 1 aliphatic carbocycles. The number of aryl methyl sites for hydroxylation is 1. The van der Waals surface area contributed by atoms with E-state index in [2.05, 4.69) is 10.2 Å². The van der Waals surface area contributed by atoms with E-state index in [1.807, 2.05) is 10.6 Å². The Labute approximate surface area is 92.9 Å². The summed E-state index contributed by atoms with van der Waals surface area (Å²) in [6, 6.07) is 5.83. The fourth-order valence-electron chi connectivity index (χ4n) is 1.88. The summed E-state index contributed by atoms with van der Waals surface area (Å²) < 4.78 is 15.9. The van der Waals surface area contributed by atoms with E-state index in [4.69, 9.17) is 0 Å². The van der Waals surface area contributed by atoms with E-state index in [0.29, 0.717) is 23.0 Å². The van der Waals surface area contributed by atoms with E-state index in [9.17, 15) is 4.39 Å². The second kappa shape index (κ2) is 3.40. The van der Waals surface area contributed by atoms with Crippen LogP contribution in [-0.4, -0.2) is 14.8 Å². The van der Waals surface area contributed by atoms with Gasteiger partial charge in [0.25, 0.3) is 0 Å². The molecule has 0 unspecified atom stereocenters. The molecule has 2 aromatic rings. The normalized spacial score (nSPS) is 15.4. The maximum atomic E-state index is 13.9. The Balaban J connectivity index is 2.14. The number of hydrogen-bond donors (Lipinski definition) is 0. The van der Waals surface area contributed by atoms with Crippen LogP contribution in [0.15, 0.2) is 24.5 Å². The van der Waals surface area contributed by atoms with Crippen molar-refractivity contribution in [3.63, 3.8) is 0 Å². The molecule has 0 spiro atoms. The molecular weight excluding hydrogens is 205 g/mol. The number of benzene rings is 1. The van der Waals surface area contributed by atoms with Crippen LogP contribution in [0.2, 0.25) is 0 Å². The first-order chi connectivity index (χ1) is 7.77. The van der Waals surface area contributed by atoms with Gasteiger partial charge < -0.3 is 4.57 Å². The average Bonchev–Trinajstić information content (AvgIpc) is 3.01. The maximum absolute atomic E-state index is 13.9. The zero-order chi connectivity index (χ0) is 11.1. The first kappa shape index (κ1) is 9.51. The van der Waals surface area contributed by atoms with E-state index in [1.165, 1.54) is 0 Å². The standard InChI is InChI=1S/C12H12FN3/c1-8-3-2-4-10(11(8)13)12-15-14-7-16(12)9-5-6-9/h2-4,7,9H,5-6H2,1H3. The summed E-state index contributed by atoms with van der Waals surface area (Å²) in [6.07, 6.45) is 3.96. The molecule has 1 aliphatic rings. The molecule has 1 heterocycles. The minimum Gasteiger partial charge on any atom is -0.310 e. The molecule has 0 aliphatic heterocycles. The summed E-state index contributed by atoms with van der Waals surface area (Å²) in [5.41, 5.74) is 1.19. The zero-order valence-electron chi connectivity index (χ0n) is 9.02. The molecule has 0 atom stereocenters. The SMILES string of the molecule is Cc1cccc(-c2nncn2C2CC2)c1F. The molecule has 1 aromatic heterocycles. The van der Waals surface area contributed by atoms with Crippen LogP contribution in [0.25, 0.3) is 11.4 Å². The van der Waals surface area contributed by atoms with E-state index in [0.717, 1.165) is 12.8 Å². The van der Waals surface area contributed by atoms with Crippen LogP contribution in [0.3, 0.4) is 0 Å². The first-order valence-electron chi connectivity index (χ1n) is 5.42. The maximum Gasteiger partial charge on any atom is 0.166 e. The molecule has 0 bridgehead atoms. The van der Waals surface area contributed by atoms with Crippen LogP contribution in [-0.2, 0) is 0 Å². The smallest absolute Gasteiger partial charge is 0.166 e. The first-order valence-corrected chi connectivity index (χ1v) is 5.42. The minimum absolute atomic E-state index is 0.197. The highest BCUT2D eigenvalue weighted by Crippen LogP contribution is 2.38. The van der Waals surface area contributed by atoms with E-state index < -0.39 is 0 Å². The quantitative estimate of drug-likeness (QED) is 0.774. The highest BCUT2D eigenvalue weighted by atomic mass is 19.1. The fourth-order valence-corrected chi connectivity index (χ4v) is 1.88. The van der Waals surface area contributed by atoms with Gasteiger partial charge in [0.2, 0.25) is 0 Å². The van der Waals surface area contributed by atoms with Crippen LogP contribution in [0.4, 0.5) is 4.39 Å². The summed E-state index contributed by atoms with van der Waals surface area (Å²) >= 11 is 0. The molecular formula is C12H12FN3. The molecule has 16 heavy (non-hydrogen) atoms. The molecule has 0 amide bonds. The van der Waals surface area contributed by atoms with Crippen molar-refractivity contribution in [2.45, 2.75) is 25.8 Å². The lowest BCUT2D eigenvalue weighted by Gasteiger charge is -2.06. The van der Waals surface area contributed by atoms with Crippen LogP contribution in [0.5, 0.6) is 0 Å². The van der Waals surface area contributed by atoms with Gasteiger partial charge in [0.05, 0.1) is 5.56 Å². The van der Waals surface area contributed by atoms with Crippen molar-refractivity contribution in [1.29, 1.82) is 0 Å². The second-order valence-electron chi connectivity index (χ2n) is 4.23. The Bertz CT molecular complexity index is 529. The zero-order valence-corrected chi connectivity index (χ0v) is 9.02. The predicted molar refractivity (Wildman–Crippen MR) is 58.4 cm³/mol. The van der Waals surface area contributed by atoms with E-state index in [-0.39, 0.29) is 5.82 Å². The molecule has 0 radical (unpaired) electrons. The molecule has 1 saturated carbocycles. The number of hydrogen-bond acceptors (Lipinski definition) is 2. The highest BCUT2D eigenvalue weighted by Gasteiger charge is 2.27. The summed E-state index contributed by atoms with van der Waals surface area (Å²) in [4.78, 5) is 0. The van der Waals surface area contributed by atoms with E-state index >= 15 is 0 Å². The Morgan fingerprint density at radius 1 is 1.38 bits per heavy atom. The van der Waals surface area contributed by atoms with Gasteiger partial charge in [-0.05, 0) is 31.4 Å². The number of rotatable bonds is 2. The topological polar surface area (TPSA) is 30.7 Å². The number of halogens is 1. The van der Waals surface area contributed by atoms with Crippen molar-refractivity contribution in [2.24, 2.45) is 0 Å². The van der Waals surface area contributed by atoms with Gasteiger partial charge in [0.15, 0.2) is 5.82 Å². The third-order valence-corrected chi connectivity index (χ3v) is 2.95. The lowest BCUT2D eigenvalue weighted by molar-refractivity contribution is 0.617. The molecule has 1 fully saturated rings. The van der Waals surface area contributed by atoms with Gasteiger partial charge in [0.1, 0.15) is 12.1 Å². The lowest BCUT2D eigenvalue weighted by atomic mass is 10.1. The number of aromatic nitrogens is 3. The Kier molecular flexibility index (Phi) is 2.02. The highest BCUT2D eigenvalue weighted by molar-refractivity contribution is 5.57. The van der Waals surface area contributed by atoms with Gasteiger partial charge >= 0.3 is 0 Å². The molecule has 0 N–H and O–H groups in total. The summed E-state index contributed by atoms with van der Waals surface area (Å²) in [5.74, 6) is 0.445. The van der Waals surface area contributed by atoms with Crippen LogP contribution >= 0.6 is 0 Å². The fraction of sp³-hybridized carbons (Fsp3) is 0.333. The summed E-state index contributed by atoms with van der Waals surface area (Å²) in [6.45, 7) is 1.76. The second-order valence-corrected chi connectivity index (χ2v) is 4.23. The van der Waals surface area contributed by atoms with Crippen LogP contribution in [0, 0.1) is 12.7 Å². The monoisotopic (exact) mass is 217 g/mol. The molecule has 4 heteroatoms. The molecule has 82 valence electrons. The van der Waals surface area contributed by atoms with Gasteiger partial charge in [-0.2, -0.15) is 0 Å². The molecule has 1 aromatic carbocycles. The molecule has 3 rings (SSSR count). The van der Waals surface area contributed by atoms with Crippen LogP contribution in [0.1, 0.15) is 24.4 Å². The van der Waals surface area contributed by atoms with Gasteiger partial charge in [0, 0.05) is 6.04 Å². The van der Waals surface area contributed by atoms with Gasteiger partial charge in [-0.3, -0.25) is 0 Å². The number of nitrogens with zero attached hydrogens (tertiary/aromatic N) is 3. The van der Waals surface area contributed by atoms with Crippen LogP contribution < -0.4 is 0 Å². The molecule has 0 saturated heterocycles. The van der Waals surface area contributed by atoms with Crippen molar-refractivity contribution in [1.82, 2.24) is 14.8 Å².